The monoisotopic (exact) mass is 312 g/mol. The fraction of sp³-hybridized carbons (Fsp3) is 0.250. The van der Waals surface area contributed by atoms with Crippen LogP contribution in [0, 0.1) is 12.8 Å². The molecule has 23 heavy (non-hydrogen) atoms. The molecular weight excluding hydrogens is 296 g/mol. The number of H-pyrrole nitrogens is 1. The van der Waals surface area contributed by atoms with Crippen molar-refractivity contribution in [3.05, 3.63) is 52.6 Å². The number of carbonyl (C=O) groups is 2. The molecule has 1 aliphatic heterocycles. The van der Waals surface area contributed by atoms with Crippen LogP contribution in [0.15, 0.2) is 41.3 Å². The van der Waals surface area contributed by atoms with Crippen molar-refractivity contribution < 1.29 is 9.59 Å². The SMILES string of the molecule is Cc1ccc(N2CC(C(=O)Nc3ccnc(=O)[nH]3)CC2=O)cc1. The molecule has 1 fully saturated rings. The highest BCUT2D eigenvalue weighted by atomic mass is 16.2. The molecule has 0 radical (unpaired) electrons. The Bertz CT molecular complexity index is 797. The first-order chi connectivity index (χ1) is 11.0. The Morgan fingerprint density at radius 3 is 2.70 bits per heavy atom. The van der Waals surface area contributed by atoms with E-state index >= 15 is 0 Å². The van der Waals surface area contributed by atoms with Crippen molar-refractivity contribution in [1.29, 1.82) is 0 Å². The highest BCUT2D eigenvalue weighted by Crippen LogP contribution is 2.26. The molecule has 1 aromatic carbocycles. The van der Waals surface area contributed by atoms with Crippen LogP contribution in [-0.4, -0.2) is 28.3 Å². The summed E-state index contributed by atoms with van der Waals surface area (Å²) in [6.45, 7) is 2.30. The normalized spacial score (nSPS) is 17.3. The number of rotatable bonds is 3. The van der Waals surface area contributed by atoms with Gasteiger partial charge in [0, 0.05) is 24.8 Å². The van der Waals surface area contributed by atoms with Gasteiger partial charge in [-0.1, -0.05) is 17.7 Å². The number of aromatic nitrogens is 2. The van der Waals surface area contributed by atoms with Crippen LogP contribution in [0.3, 0.4) is 0 Å². The van der Waals surface area contributed by atoms with Crippen LogP contribution < -0.4 is 15.9 Å². The summed E-state index contributed by atoms with van der Waals surface area (Å²) in [5.41, 5.74) is 1.36. The molecule has 1 aliphatic rings. The number of aromatic amines is 1. The maximum absolute atomic E-state index is 12.3. The predicted octanol–water partition coefficient (Wildman–Crippen LogP) is 1.07. The Hall–Kier alpha value is -2.96. The molecule has 1 unspecified atom stereocenters. The van der Waals surface area contributed by atoms with Crippen molar-refractivity contribution in [2.24, 2.45) is 5.92 Å². The van der Waals surface area contributed by atoms with Crippen molar-refractivity contribution in [1.82, 2.24) is 9.97 Å². The fourth-order valence-electron chi connectivity index (χ4n) is 2.53. The quantitative estimate of drug-likeness (QED) is 0.886. The third kappa shape index (κ3) is 3.28. The molecule has 7 heteroatoms. The Balaban J connectivity index is 1.70. The van der Waals surface area contributed by atoms with Crippen molar-refractivity contribution in [3.63, 3.8) is 0 Å². The van der Waals surface area contributed by atoms with E-state index in [1.165, 1.54) is 12.3 Å². The van der Waals surface area contributed by atoms with Gasteiger partial charge in [-0.25, -0.2) is 9.78 Å². The summed E-state index contributed by atoms with van der Waals surface area (Å²) in [6.07, 6.45) is 1.46. The lowest BCUT2D eigenvalue weighted by Gasteiger charge is -2.16. The predicted molar refractivity (Wildman–Crippen MR) is 85.1 cm³/mol. The molecule has 0 saturated carbocycles. The molecule has 3 rings (SSSR count). The zero-order chi connectivity index (χ0) is 16.4. The minimum Gasteiger partial charge on any atom is -0.312 e. The van der Waals surface area contributed by atoms with E-state index in [2.05, 4.69) is 15.3 Å². The van der Waals surface area contributed by atoms with Crippen molar-refractivity contribution >= 4 is 23.3 Å². The van der Waals surface area contributed by atoms with Crippen LogP contribution in [0.2, 0.25) is 0 Å². The average Bonchev–Trinajstić information content (AvgIpc) is 2.90. The van der Waals surface area contributed by atoms with E-state index in [1.54, 1.807) is 4.90 Å². The lowest BCUT2D eigenvalue weighted by molar-refractivity contribution is -0.122. The first-order valence-electron chi connectivity index (χ1n) is 7.26. The lowest BCUT2D eigenvalue weighted by Crippen LogP contribution is -2.28. The van der Waals surface area contributed by atoms with E-state index in [1.807, 2.05) is 31.2 Å². The first-order valence-corrected chi connectivity index (χ1v) is 7.26. The van der Waals surface area contributed by atoms with E-state index in [9.17, 15) is 14.4 Å². The zero-order valence-electron chi connectivity index (χ0n) is 12.6. The van der Waals surface area contributed by atoms with Crippen molar-refractivity contribution in [3.8, 4) is 0 Å². The molecule has 2 aromatic rings. The molecular formula is C16H16N4O3. The summed E-state index contributed by atoms with van der Waals surface area (Å²) < 4.78 is 0. The maximum Gasteiger partial charge on any atom is 0.346 e. The minimum atomic E-state index is -0.536. The van der Waals surface area contributed by atoms with Gasteiger partial charge in [-0.05, 0) is 25.1 Å². The lowest BCUT2D eigenvalue weighted by atomic mass is 10.1. The molecule has 1 atom stereocenters. The Kier molecular flexibility index (Phi) is 3.92. The number of anilines is 2. The largest absolute Gasteiger partial charge is 0.346 e. The van der Waals surface area contributed by atoms with Crippen LogP contribution in [0.1, 0.15) is 12.0 Å². The first kappa shape index (κ1) is 15.0. The minimum absolute atomic E-state index is 0.0859. The van der Waals surface area contributed by atoms with Gasteiger partial charge in [0.25, 0.3) is 0 Å². The second-order valence-electron chi connectivity index (χ2n) is 5.52. The number of benzene rings is 1. The van der Waals surface area contributed by atoms with Crippen LogP contribution in [0.25, 0.3) is 0 Å². The topological polar surface area (TPSA) is 95.2 Å². The maximum atomic E-state index is 12.3. The van der Waals surface area contributed by atoms with Gasteiger partial charge in [-0.15, -0.1) is 0 Å². The number of carbonyl (C=O) groups excluding carboxylic acids is 2. The number of nitrogens with zero attached hydrogens (tertiary/aromatic N) is 2. The summed E-state index contributed by atoms with van der Waals surface area (Å²) in [5.74, 6) is -0.566. The Morgan fingerprint density at radius 1 is 1.26 bits per heavy atom. The molecule has 0 spiro atoms. The summed E-state index contributed by atoms with van der Waals surface area (Å²) in [6, 6.07) is 9.09. The van der Waals surface area contributed by atoms with E-state index in [-0.39, 0.29) is 24.1 Å². The van der Waals surface area contributed by atoms with E-state index in [0.29, 0.717) is 6.54 Å². The highest BCUT2D eigenvalue weighted by Gasteiger charge is 2.35. The Labute approximate surface area is 132 Å². The van der Waals surface area contributed by atoms with Crippen LogP contribution in [-0.2, 0) is 9.59 Å². The summed E-state index contributed by atoms with van der Waals surface area (Å²) in [5, 5.41) is 2.61. The van der Waals surface area contributed by atoms with Gasteiger partial charge in [0.15, 0.2) is 0 Å². The second kappa shape index (κ2) is 6.04. The van der Waals surface area contributed by atoms with Crippen molar-refractivity contribution in [2.45, 2.75) is 13.3 Å². The summed E-state index contributed by atoms with van der Waals surface area (Å²) in [4.78, 5) is 43.1. The average molecular weight is 312 g/mol. The molecule has 2 heterocycles. The van der Waals surface area contributed by atoms with Gasteiger partial charge in [0.05, 0.1) is 5.92 Å². The summed E-state index contributed by atoms with van der Waals surface area (Å²) in [7, 11) is 0. The third-order valence-electron chi connectivity index (χ3n) is 3.77. The van der Waals surface area contributed by atoms with Crippen LogP contribution in [0.5, 0.6) is 0 Å². The van der Waals surface area contributed by atoms with Gasteiger partial charge in [0.2, 0.25) is 11.8 Å². The van der Waals surface area contributed by atoms with Crippen LogP contribution >= 0.6 is 0 Å². The smallest absolute Gasteiger partial charge is 0.312 e. The second-order valence-corrected chi connectivity index (χ2v) is 5.52. The fourth-order valence-corrected chi connectivity index (χ4v) is 2.53. The number of hydrogen-bond acceptors (Lipinski definition) is 4. The zero-order valence-corrected chi connectivity index (χ0v) is 12.6. The molecule has 1 aromatic heterocycles. The van der Waals surface area contributed by atoms with Gasteiger partial charge >= 0.3 is 5.69 Å². The number of hydrogen-bond donors (Lipinski definition) is 2. The van der Waals surface area contributed by atoms with Crippen molar-refractivity contribution in [2.75, 3.05) is 16.8 Å². The number of aryl methyl sites for hydroxylation is 1. The van der Waals surface area contributed by atoms with Crippen LogP contribution in [0.4, 0.5) is 11.5 Å². The molecule has 0 bridgehead atoms. The van der Waals surface area contributed by atoms with Gasteiger partial charge < -0.3 is 10.2 Å². The van der Waals surface area contributed by atoms with E-state index in [0.717, 1.165) is 11.3 Å². The van der Waals surface area contributed by atoms with E-state index < -0.39 is 11.6 Å². The third-order valence-corrected chi connectivity index (χ3v) is 3.77. The Morgan fingerprint density at radius 2 is 2.00 bits per heavy atom. The van der Waals surface area contributed by atoms with Gasteiger partial charge in [0.1, 0.15) is 5.82 Å². The van der Waals surface area contributed by atoms with Gasteiger partial charge in [-0.3, -0.25) is 14.6 Å². The summed E-state index contributed by atoms with van der Waals surface area (Å²) >= 11 is 0. The molecule has 1 saturated heterocycles. The number of nitrogens with one attached hydrogen (secondary N) is 2. The standard InChI is InChI=1S/C16H16N4O3/c1-10-2-4-12(5-3-10)20-9-11(8-14(20)21)15(22)18-13-6-7-17-16(23)19-13/h2-7,11H,8-9H2,1H3,(H2,17,18,19,22,23). The molecule has 2 N–H and O–H groups in total. The van der Waals surface area contributed by atoms with E-state index in [4.69, 9.17) is 0 Å². The highest BCUT2D eigenvalue weighted by molar-refractivity contribution is 6.03. The molecule has 2 amide bonds. The molecule has 0 aliphatic carbocycles. The molecule has 118 valence electrons. The molecule has 7 nitrogen and oxygen atoms in total. The number of amides is 2. The van der Waals surface area contributed by atoms with Gasteiger partial charge in [-0.2, -0.15) is 0 Å².